The second kappa shape index (κ2) is 7.38. The Bertz CT molecular complexity index is 1190. The molecule has 0 unspecified atom stereocenters. The van der Waals surface area contributed by atoms with Crippen molar-refractivity contribution < 1.29 is 23.1 Å². The number of carbonyl (C=O) groups is 2. The molecule has 0 spiro atoms. The summed E-state index contributed by atoms with van der Waals surface area (Å²) in [6.07, 6.45) is 2.21. The van der Waals surface area contributed by atoms with Gasteiger partial charge >= 0.3 is 6.09 Å². The lowest BCUT2D eigenvalue weighted by Crippen LogP contribution is -2.17. The van der Waals surface area contributed by atoms with Gasteiger partial charge in [0.15, 0.2) is 5.75 Å². The van der Waals surface area contributed by atoms with Crippen LogP contribution in [0.3, 0.4) is 0 Å². The zero-order valence-corrected chi connectivity index (χ0v) is 14.5. The van der Waals surface area contributed by atoms with Crippen LogP contribution in [0.2, 0.25) is 0 Å². The van der Waals surface area contributed by atoms with Crippen LogP contribution in [0.1, 0.15) is 10.4 Å². The van der Waals surface area contributed by atoms with Crippen LogP contribution in [0.5, 0.6) is 5.75 Å². The van der Waals surface area contributed by atoms with Gasteiger partial charge in [0.05, 0.1) is 5.52 Å². The molecular weight excluding hydrogens is 386 g/mol. The van der Waals surface area contributed by atoms with Gasteiger partial charge in [-0.2, -0.15) is 0 Å². The summed E-state index contributed by atoms with van der Waals surface area (Å²) in [4.78, 5) is 37.7. The van der Waals surface area contributed by atoms with Crippen molar-refractivity contribution in [2.75, 3.05) is 10.6 Å². The van der Waals surface area contributed by atoms with Crippen molar-refractivity contribution in [3.8, 4) is 5.75 Å². The summed E-state index contributed by atoms with van der Waals surface area (Å²) in [7, 11) is 0. The standard InChI is InChI=1S/C18H12F2N6O3/c19-10-6-9(7-11(20)8-10)15(27)25-17-23-12-2-1-3-13(14(12)24-17)29-18(28)26-16-21-4-5-22-16/h1-8H,(H2,21,22,26,28)(H2,23,24,25,27). The first kappa shape index (κ1) is 18.1. The van der Waals surface area contributed by atoms with E-state index in [2.05, 4.69) is 30.6 Å². The maximum absolute atomic E-state index is 13.3. The summed E-state index contributed by atoms with van der Waals surface area (Å²) in [5, 5.41) is 4.81. The molecule has 4 rings (SSSR count). The molecule has 4 N–H and O–H groups in total. The minimum absolute atomic E-state index is 0.0113. The van der Waals surface area contributed by atoms with E-state index in [1.165, 1.54) is 18.5 Å². The van der Waals surface area contributed by atoms with Crippen LogP contribution in [0.25, 0.3) is 11.0 Å². The topological polar surface area (TPSA) is 125 Å². The molecule has 0 radical (unpaired) electrons. The summed E-state index contributed by atoms with van der Waals surface area (Å²) >= 11 is 0. The number of fused-ring (bicyclic) bond motifs is 1. The molecular formula is C18H12F2N6O3. The molecule has 2 aromatic carbocycles. The number of anilines is 2. The van der Waals surface area contributed by atoms with E-state index in [1.54, 1.807) is 12.1 Å². The third-order valence-corrected chi connectivity index (χ3v) is 3.76. The van der Waals surface area contributed by atoms with Crippen LogP contribution < -0.4 is 15.4 Å². The van der Waals surface area contributed by atoms with Crippen molar-refractivity contribution in [2.24, 2.45) is 0 Å². The Labute approximate surface area is 161 Å². The molecule has 9 nitrogen and oxygen atoms in total. The molecule has 0 saturated carbocycles. The molecule has 11 heteroatoms. The van der Waals surface area contributed by atoms with Crippen LogP contribution in [0.15, 0.2) is 48.8 Å². The number of nitrogens with zero attached hydrogens (tertiary/aromatic N) is 2. The fourth-order valence-electron chi connectivity index (χ4n) is 2.57. The lowest BCUT2D eigenvalue weighted by atomic mass is 10.2. The summed E-state index contributed by atoms with van der Waals surface area (Å²) in [6, 6.07) is 7.21. The van der Waals surface area contributed by atoms with Crippen molar-refractivity contribution >= 4 is 34.9 Å². The third-order valence-electron chi connectivity index (χ3n) is 3.76. The summed E-state index contributed by atoms with van der Waals surface area (Å²) < 4.78 is 31.8. The average Bonchev–Trinajstić information content (AvgIpc) is 3.30. The number of imidazole rings is 2. The number of benzene rings is 2. The quantitative estimate of drug-likeness (QED) is 0.419. The Kier molecular flexibility index (Phi) is 4.61. The highest BCUT2D eigenvalue weighted by Crippen LogP contribution is 2.25. The predicted octanol–water partition coefficient (Wildman–Crippen LogP) is 3.43. The lowest BCUT2D eigenvalue weighted by Gasteiger charge is -2.05. The van der Waals surface area contributed by atoms with Gasteiger partial charge in [0.25, 0.3) is 5.91 Å². The van der Waals surface area contributed by atoms with Gasteiger partial charge in [0.1, 0.15) is 17.2 Å². The van der Waals surface area contributed by atoms with Gasteiger partial charge in [-0.05, 0) is 24.3 Å². The van der Waals surface area contributed by atoms with Crippen LogP contribution in [-0.4, -0.2) is 31.9 Å². The minimum atomic E-state index is -0.877. The number of nitrogens with one attached hydrogen (secondary N) is 4. The number of hydrogen-bond donors (Lipinski definition) is 4. The van der Waals surface area contributed by atoms with E-state index in [4.69, 9.17) is 4.74 Å². The van der Waals surface area contributed by atoms with Crippen molar-refractivity contribution in [3.05, 3.63) is 66.0 Å². The van der Waals surface area contributed by atoms with Gasteiger partial charge < -0.3 is 14.7 Å². The third kappa shape index (κ3) is 4.03. The highest BCUT2D eigenvalue weighted by molar-refractivity contribution is 6.04. The number of aromatic nitrogens is 4. The first-order valence-electron chi connectivity index (χ1n) is 8.22. The van der Waals surface area contributed by atoms with E-state index in [0.717, 1.165) is 12.1 Å². The van der Waals surface area contributed by atoms with Crippen LogP contribution in [0.4, 0.5) is 25.5 Å². The van der Waals surface area contributed by atoms with Gasteiger partial charge in [-0.1, -0.05) is 6.07 Å². The van der Waals surface area contributed by atoms with Crippen molar-refractivity contribution in [2.45, 2.75) is 0 Å². The molecule has 0 aliphatic rings. The Morgan fingerprint density at radius 2 is 1.83 bits per heavy atom. The van der Waals surface area contributed by atoms with Gasteiger partial charge in [-0.3, -0.25) is 15.4 Å². The number of H-pyrrole nitrogens is 2. The van der Waals surface area contributed by atoms with Gasteiger partial charge in [-0.15, -0.1) is 0 Å². The normalized spacial score (nSPS) is 10.7. The Morgan fingerprint density at radius 1 is 1.03 bits per heavy atom. The Hall–Kier alpha value is -4.28. The molecule has 2 heterocycles. The zero-order chi connectivity index (χ0) is 20.4. The van der Waals surface area contributed by atoms with E-state index in [0.29, 0.717) is 17.1 Å². The minimum Gasteiger partial charge on any atom is -0.408 e. The lowest BCUT2D eigenvalue weighted by molar-refractivity contribution is 0.102. The first-order chi connectivity index (χ1) is 14.0. The van der Waals surface area contributed by atoms with Crippen LogP contribution in [-0.2, 0) is 0 Å². The van der Waals surface area contributed by atoms with E-state index in [-0.39, 0.29) is 23.2 Å². The molecule has 0 aliphatic heterocycles. The number of rotatable bonds is 4. The largest absolute Gasteiger partial charge is 0.419 e. The molecule has 0 aliphatic carbocycles. The number of amides is 2. The van der Waals surface area contributed by atoms with Gasteiger partial charge in [0, 0.05) is 24.0 Å². The Morgan fingerprint density at radius 3 is 2.55 bits per heavy atom. The second-order valence-electron chi connectivity index (χ2n) is 5.80. The fourth-order valence-corrected chi connectivity index (χ4v) is 2.57. The number of carbonyl (C=O) groups excluding carboxylic acids is 2. The maximum atomic E-state index is 13.3. The zero-order valence-electron chi connectivity index (χ0n) is 14.5. The number of ether oxygens (including phenoxy) is 1. The highest BCUT2D eigenvalue weighted by Gasteiger charge is 2.15. The maximum Gasteiger partial charge on any atom is 0.419 e. The fraction of sp³-hybridized carbons (Fsp3) is 0. The average molecular weight is 398 g/mol. The molecule has 0 atom stereocenters. The molecule has 146 valence electrons. The Balaban J connectivity index is 1.54. The summed E-state index contributed by atoms with van der Waals surface area (Å²) in [5.41, 5.74) is 0.522. The molecule has 2 amide bonds. The molecule has 0 saturated heterocycles. The smallest absolute Gasteiger partial charge is 0.408 e. The van der Waals surface area contributed by atoms with Crippen LogP contribution in [0, 0.1) is 11.6 Å². The molecule has 0 bridgehead atoms. The number of hydrogen-bond acceptors (Lipinski definition) is 5. The van der Waals surface area contributed by atoms with E-state index in [1.807, 2.05) is 0 Å². The summed E-state index contributed by atoms with van der Waals surface area (Å²) in [6.45, 7) is 0. The SMILES string of the molecule is O=C(Nc1ncc[nH]1)Oc1cccc2nc(NC(=O)c3cc(F)cc(F)c3)[nH]c12. The van der Waals surface area contributed by atoms with E-state index >= 15 is 0 Å². The monoisotopic (exact) mass is 398 g/mol. The van der Waals surface area contributed by atoms with Gasteiger partial charge in [0.2, 0.25) is 11.9 Å². The van der Waals surface area contributed by atoms with Crippen molar-refractivity contribution in [3.63, 3.8) is 0 Å². The summed E-state index contributed by atoms with van der Waals surface area (Å²) in [5.74, 6) is -2.15. The van der Waals surface area contributed by atoms with Crippen molar-refractivity contribution in [1.82, 2.24) is 19.9 Å². The van der Waals surface area contributed by atoms with Gasteiger partial charge in [-0.25, -0.2) is 23.5 Å². The number of halogens is 2. The highest BCUT2D eigenvalue weighted by atomic mass is 19.1. The predicted molar refractivity (Wildman–Crippen MR) is 98.6 cm³/mol. The molecule has 4 aromatic rings. The van der Waals surface area contributed by atoms with Crippen LogP contribution >= 0.6 is 0 Å². The van der Waals surface area contributed by atoms with E-state index in [9.17, 15) is 18.4 Å². The molecule has 29 heavy (non-hydrogen) atoms. The van der Waals surface area contributed by atoms with E-state index < -0.39 is 23.6 Å². The molecule has 0 fully saturated rings. The van der Waals surface area contributed by atoms with Crippen molar-refractivity contribution in [1.29, 1.82) is 0 Å². The second-order valence-corrected chi connectivity index (χ2v) is 5.80. The number of aromatic amines is 2. The first-order valence-corrected chi connectivity index (χ1v) is 8.22. The molecule has 2 aromatic heterocycles. The number of para-hydroxylation sites is 1.